The van der Waals surface area contributed by atoms with Gasteiger partial charge < -0.3 is 9.47 Å². The van der Waals surface area contributed by atoms with Crippen LogP contribution in [0.2, 0.25) is 5.02 Å². The van der Waals surface area contributed by atoms with Gasteiger partial charge in [0.2, 0.25) is 0 Å². The summed E-state index contributed by atoms with van der Waals surface area (Å²) in [5, 5.41) is 0.246. The van der Waals surface area contributed by atoms with Crippen LogP contribution in [-0.2, 0) is 4.74 Å². The van der Waals surface area contributed by atoms with Gasteiger partial charge in [0.05, 0.1) is 17.2 Å². The minimum Gasteiger partial charge on any atom is -0.473 e. The molecule has 0 saturated carbocycles. The van der Waals surface area contributed by atoms with Gasteiger partial charge in [-0.25, -0.2) is 9.37 Å². The highest BCUT2D eigenvalue weighted by molar-refractivity contribution is 6.30. The topological polar surface area (TPSA) is 31.4 Å². The van der Waals surface area contributed by atoms with Crippen LogP contribution in [0.25, 0.3) is 0 Å². The first kappa shape index (κ1) is 13.2. The summed E-state index contributed by atoms with van der Waals surface area (Å²) >= 11 is 5.56. The van der Waals surface area contributed by atoms with Crippen molar-refractivity contribution in [1.82, 2.24) is 4.98 Å². The van der Waals surface area contributed by atoms with E-state index in [0.717, 1.165) is 6.07 Å². The molecule has 0 unspecified atom stereocenters. The Labute approximate surface area is 99.5 Å². The van der Waals surface area contributed by atoms with Crippen LogP contribution < -0.4 is 4.74 Å². The molecular formula is C11H15ClFNO2. The number of rotatable bonds is 4. The zero-order chi connectivity index (χ0) is 12.2. The van der Waals surface area contributed by atoms with Crippen LogP contribution in [0.15, 0.2) is 12.3 Å². The summed E-state index contributed by atoms with van der Waals surface area (Å²) in [4.78, 5) is 3.73. The highest BCUT2D eigenvalue weighted by atomic mass is 35.5. The molecule has 5 heteroatoms. The van der Waals surface area contributed by atoms with Crippen LogP contribution in [0.5, 0.6) is 5.88 Å². The van der Waals surface area contributed by atoms with E-state index in [0.29, 0.717) is 6.61 Å². The lowest BCUT2D eigenvalue weighted by Gasteiger charge is -2.19. The Morgan fingerprint density at radius 2 is 2.06 bits per heavy atom. The Morgan fingerprint density at radius 1 is 1.38 bits per heavy atom. The van der Waals surface area contributed by atoms with Crippen LogP contribution in [0, 0.1) is 5.82 Å². The molecule has 0 aromatic carbocycles. The van der Waals surface area contributed by atoms with Crippen molar-refractivity contribution in [3.8, 4) is 5.88 Å². The van der Waals surface area contributed by atoms with Gasteiger partial charge >= 0.3 is 0 Å². The summed E-state index contributed by atoms with van der Waals surface area (Å²) in [7, 11) is 0. The molecule has 0 aliphatic heterocycles. The van der Waals surface area contributed by atoms with Crippen LogP contribution in [-0.4, -0.2) is 23.8 Å². The number of nitrogens with zero attached hydrogens (tertiary/aromatic N) is 1. The molecule has 0 aliphatic carbocycles. The minimum absolute atomic E-state index is 0.0538. The normalized spacial score (nSPS) is 11.6. The molecule has 3 nitrogen and oxygen atoms in total. The summed E-state index contributed by atoms with van der Waals surface area (Å²) in [5.41, 5.74) is -0.227. The molecule has 90 valence electrons. The summed E-state index contributed by atoms with van der Waals surface area (Å²) in [6.07, 6.45) is 1.34. The quantitative estimate of drug-likeness (QED) is 0.767. The molecule has 0 spiro atoms. The fourth-order valence-electron chi connectivity index (χ4n) is 0.994. The maximum atomic E-state index is 13.2. The molecule has 16 heavy (non-hydrogen) atoms. The second kappa shape index (κ2) is 5.46. The lowest BCUT2D eigenvalue weighted by molar-refractivity contribution is -0.0172. The van der Waals surface area contributed by atoms with Gasteiger partial charge in [-0.05, 0) is 26.8 Å². The fourth-order valence-corrected chi connectivity index (χ4v) is 1.14. The van der Waals surface area contributed by atoms with E-state index in [9.17, 15) is 4.39 Å². The average molecular weight is 248 g/mol. The van der Waals surface area contributed by atoms with E-state index >= 15 is 0 Å². The van der Waals surface area contributed by atoms with Gasteiger partial charge in [-0.1, -0.05) is 11.6 Å². The van der Waals surface area contributed by atoms with Gasteiger partial charge in [-0.15, -0.1) is 0 Å². The molecule has 0 bridgehead atoms. The molecule has 0 amide bonds. The predicted molar refractivity (Wildman–Crippen MR) is 60.4 cm³/mol. The van der Waals surface area contributed by atoms with Crippen molar-refractivity contribution in [3.63, 3.8) is 0 Å². The molecule has 1 heterocycles. The van der Waals surface area contributed by atoms with Crippen molar-refractivity contribution in [3.05, 3.63) is 23.1 Å². The molecule has 0 N–H and O–H groups in total. The van der Waals surface area contributed by atoms with E-state index in [2.05, 4.69) is 4.98 Å². The van der Waals surface area contributed by atoms with Gasteiger partial charge in [0.25, 0.3) is 5.88 Å². The van der Waals surface area contributed by atoms with Crippen molar-refractivity contribution < 1.29 is 13.9 Å². The monoisotopic (exact) mass is 247 g/mol. The third kappa shape index (κ3) is 4.77. The van der Waals surface area contributed by atoms with E-state index in [-0.39, 0.29) is 23.1 Å². The van der Waals surface area contributed by atoms with E-state index < -0.39 is 5.82 Å². The molecule has 0 aliphatic rings. The molecule has 0 saturated heterocycles. The van der Waals surface area contributed by atoms with E-state index in [1.165, 1.54) is 6.20 Å². The molecule has 0 fully saturated rings. The summed E-state index contributed by atoms with van der Waals surface area (Å²) in [6.45, 7) is 6.45. The highest BCUT2D eigenvalue weighted by Gasteiger charge is 2.10. The fraction of sp³-hybridized carbons (Fsp3) is 0.545. The van der Waals surface area contributed by atoms with Gasteiger partial charge in [-0.2, -0.15) is 0 Å². The van der Waals surface area contributed by atoms with Crippen molar-refractivity contribution >= 4 is 11.6 Å². The Morgan fingerprint density at radius 3 is 2.62 bits per heavy atom. The van der Waals surface area contributed by atoms with Crippen LogP contribution in [0.4, 0.5) is 4.39 Å². The van der Waals surface area contributed by atoms with Gasteiger partial charge in [-0.3, -0.25) is 0 Å². The van der Waals surface area contributed by atoms with Crippen molar-refractivity contribution in [1.29, 1.82) is 0 Å². The summed E-state index contributed by atoms with van der Waals surface area (Å²) < 4.78 is 23.7. The standard InChI is InChI=1S/C11H15ClFNO2/c1-11(2,3)16-5-4-15-10-9(13)6-8(12)7-14-10/h6-7H,4-5H2,1-3H3. The first-order chi connectivity index (χ1) is 7.38. The third-order valence-electron chi connectivity index (χ3n) is 1.63. The zero-order valence-corrected chi connectivity index (χ0v) is 10.3. The molecule has 1 aromatic rings. The Kier molecular flexibility index (Phi) is 4.50. The number of aromatic nitrogens is 1. The summed E-state index contributed by atoms with van der Waals surface area (Å²) in [6, 6.07) is 1.16. The Balaban J connectivity index is 2.38. The van der Waals surface area contributed by atoms with Gasteiger partial charge in [0.15, 0.2) is 5.82 Å². The second-order valence-electron chi connectivity index (χ2n) is 4.25. The summed E-state index contributed by atoms with van der Waals surface area (Å²) in [5.74, 6) is -0.620. The Bertz CT molecular complexity index is 352. The number of ether oxygens (including phenoxy) is 2. The van der Waals surface area contributed by atoms with E-state index in [1.807, 2.05) is 20.8 Å². The number of pyridine rings is 1. The molecular weight excluding hydrogens is 233 g/mol. The largest absolute Gasteiger partial charge is 0.473 e. The maximum absolute atomic E-state index is 13.2. The van der Waals surface area contributed by atoms with Crippen molar-refractivity contribution in [2.75, 3.05) is 13.2 Å². The smallest absolute Gasteiger partial charge is 0.250 e. The third-order valence-corrected chi connectivity index (χ3v) is 1.84. The SMILES string of the molecule is CC(C)(C)OCCOc1ncc(Cl)cc1F. The van der Waals surface area contributed by atoms with Crippen LogP contribution in [0.1, 0.15) is 20.8 Å². The molecule has 1 rings (SSSR count). The first-order valence-electron chi connectivity index (χ1n) is 4.96. The predicted octanol–water partition coefficient (Wildman–Crippen LogP) is 3.07. The average Bonchev–Trinajstić information content (AvgIpc) is 2.13. The molecule has 0 atom stereocenters. The zero-order valence-electron chi connectivity index (χ0n) is 9.59. The maximum Gasteiger partial charge on any atom is 0.250 e. The number of halogens is 2. The lowest BCUT2D eigenvalue weighted by atomic mass is 10.2. The number of hydrogen-bond donors (Lipinski definition) is 0. The van der Waals surface area contributed by atoms with E-state index in [4.69, 9.17) is 21.1 Å². The van der Waals surface area contributed by atoms with Crippen molar-refractivity contribution in [2.45, 2.75) is 26.4 Å². The van der Waals surface area contributed by atoms with Gasteiger partial charge in [0.1, 0.15) is 6.61 Å². The van der Waals surface area contributed by atoms with Crippen LogP contribution in [0.3, 0.4) is 0 Å². The highest BCUT2D eigenvalue weighted by Crippen LogP contribution is 2.17. The van der Waals surface area contributed by atoms with Gasteiger partial charge in [0, 0.05) is 6.20 Å². The second-order valence-corrected chi connectivity index (χ2v) is 4.69. The van der Waals surface area contributed by atoms with E-state index in [1.54, 1.807) is 0 Å². The first-order valence-corrected chi connectivity index (χ1v) is 5.34. The molecule has 1 aromatic heterocycles. The Hall–Kier alpha value is -0.870. The lowest BCUT2D eigenvalue weighted by Crippen LogP contribution is -2.22. The van der Waals surface area contributed by atoms with Crippen molar-refractivity contribution in [2.24, 2.45) is 0 Å². The molecule has 0 radical (unpaired) electrons. The minimum atomic E-state index is -0.566. The van der Waals surface area contributed by atoms with Crippen LogP contribution >= 0.6 is 11.6 Å². The number of hydrogen-bond acceptors (Lipinski definition) is 3.